The molecule has 0 bridgehead atoms. The Hall–Kier alpha value is -1.35. The third kappa shape index (κ3) is 2.91. The van der Waals surface area contributed by atoms with E-state index in [2.05, 4.69) is 36.6 Å². The van der Waals surface area contributed by atoms with Crippen LogP contribution in [0.2, 0.25) is 0 Å². The SMILES string of the molecule is CCc1ccccc1CNC(=O)[C@@H]1CNC[C@H]1C. The van der Waals surface area contributed by atoms with E-state index in [-0.39, 0.29) is 11.8 Å². The molecule has 2 atom stereocenters. The molecule has 0 aromatic heterocycles. The summed E-state index contributed by atoms with van der Waals surface area (Å²) in [6.07, 6.45) is 1.01. The van der Waals surface area contributed by atoms with Crippen LogP contribution >= 0.6 is 0 Å². The van der Waals surface area contributed by atoms with Gasteiger partial charge in [0.05, 0.1) is 5.92 Å². The van der Waals surface area contributed by atoms with Crippen LogP contribution in [0.25, 0.3) is 0 Å². The quantitative estimate of drug-likeness (QED) is 0.849. The molecule has 2 rings (SSSR count). The van der Waals surface area contributed by atoms with Crippen molar-refractivity contribution in [2.24, 2.45) is 11.8 Å². The molecule has 3 nitrogen and oxygen atoms in total. The number of nitrogens with one attached hydrogen (secondary N) is 2. The van der Waals surface area contributed by atoms with E-state index in [0.29, 0.717) is 12.5 Å². The number of carbonyl (C=O) groups excluding carboxylic acids is 1. The maximum absolute atomic E-state index is 12.1. The van der Waals surface area contributed by atoms with Gasteiger partial charge < -0.3 is 10.6 Å². The zero-order valence-electron chi connectivity index (χ0n) is 11.2. The average molecular weight is 246 g/mol. The monoisotopic (exact) mass is 246 g/mol. The Balaban J connectivity index is 1.93. The van der Waals surface area contributed by atoms with Crippen molar-refractivity contribution >= 4 is 5.91 Å². The molecule has 0 unspecified atom stereocenters. The number of aryl methyl sites for hydroxylation is 1. The van der Waals surface area contributed by atoms with Crippen LogP contribution in [0.4, 0.5) is 0 Å². The summed E-state index contributed by atoms with van der Waals surface area (Å²) in [5.41, 5.74) is 2.54. The van der Waals surface area contributed by atoms with E-state index < -0.39 is 0 Å². The largest absolute Gasteiger partial charge is 0.352 e. The van der Waals surface area contributed by atoms with E-state index in [1.165, 1.54) is 11.1 Å². The maximum Gasteiger partial charge on any atom is 0.224 e. The normalized spacial score (nSPS) is 23.0. The molecule has 98 valence electrons. The highest BCUT2D eigenvalue weighted by atomic mass is 16.1. The fraction of sp³-hybridized carbons (Fsp3) is 0.533. The van der Waals surface area contributed by atoms with Gasteiger partial charge in [-0.1, -0.05) is 38.1 Å². The standard InChI is InChI=1S/C15H22N2O/c1-3-12-6-4-5-7-13(12)9-17-15(18)14-10-16-8-11(14)2/h4-7,11,14,16H,3,8-10H2,1-2H3,(H,17,18)/t11-,14-/m1/s1. The number of hydrogen-bond acceptors (Lipinski definition) is 2. The average Bonchev–Trinajstić information content (AvgIpc) is 2.82. The summed E-state index contributed by atoms with van der Waals surface area (Å²) in [6.45, 7) is 6.67. The first-order valence-electron chi connectivity index (χ1n) is 6.77. The lowest BCUT2D eigenvalue weighted by molar-refractivity contribution is -0.125. The van der Waals surface area contributed by atoms with Crippen LogP contribution in [0.3, 0.4) is 0 Å². The van der Waals surface area contributed by atoms with E-state index in [1.807, 2.05) is 12.1 Å². The fourth-order valence-corrected chi connectivity index (χ4v) is 2.55. The van der Waals surface area contributed by atoms with Crippen molar-refractivity contribution < 1.29 is 4.79 Å². The summed E-state index contributed by atoms with van der Waals surface area (Å²) < 4.78 is 0. The molecule has 1 amide bonds. The Labute approximate surface area is 109 Å². The van der Waals surface area contributed by atoms with E-state index >= 15 is 0 Å². The topological polar surface area (TPSA) is 41.1 Å². The van der Waals surface area contributed by atoms with Crippen molar-refractivity contribution in [2.45, 2.75) is 26.8 Å². The summed E-state index contributed by atoms with van der Waals surface area (Å²) >= 11 is 0. The summed E-state index contributed by atoms with van der Waals surface area (Å²) in [5, 5.41) is 6.33. The van der Waals surface area contributed by atoms with Gasteiger partial charge in [0, 0.05) is 13.1 Å². The van der Waals surface area contributed by atoms with Gasteiger partial charge in [-0.15, -0.1) is 0 Å². The molecular weight excluding hydrogens is 224 g/mol. The molecule has 1 aromatic carbocycles. The van der Waals surface area contributed by atoms with Gasteiger partial charge in [0.2, 0.25) is 5.91 Å². The fourth-order valence-electron chi connectivity index (χ4n) is 2.55. The molecule has 3 heteroatoms. The second-order valence-electron chi connectivity index (χ2n) is 5.08. The highest BCUT2D eigenvalue weighted by Gasteiger charge is 2.29. The van der Waals surface area contributed by atoms with Gasteiger partial charge in [0.1, 0.15) is 0 Å². The molecular formula is C15H22N2O. The van der Waals surface area contributed by atoms with Crippen molar-refractivity contribution in [3.63, 3.8) is 0 Å². The summed E-state index contributed by atoms with van der Waals surface area (Å²) in [7, 11) is 0. The van der Waals surface area contributed by atoms with Crippen LogP contribution in [0.1, 0.15) is 25.0 Å². The van der Waals surface area contributed by atoms with Crippen molar-refractivity contribution in [3.05, 3.63) is 35.4 Å². The molecule has 0 radical (unpaired) electrons. The van der Waals surface area contributed by atoms with Gasteiger partial charge in [-0.2, -0.15) is 0 Å². The molecule has 18 heavy (non-hydrogen) atoms. The predicted molar refractivity (Wildman–Crippen MR) is 73.2 cm³/mol. The van der Waals surface area contributed by atoms with Crippen LogP contribution < -0.4 is 10.6 Å². The smallest absolute Gasteiger partial charge is 0.224 e. The van der Waals surface area contributed by atoms with Crippen molar-refractivity contribution in [3.8, 4) is 0 Å². The van der Waals surface area contributed by atoms with Crippen molar-refractivity contribution in [1.82, 2.24) is 10.6 Å². The number of rotatable bonds is 4. The van der Waals surface area contributed by atoms with E-state index in [0.717, 1.165) is 19.5 Å². The third-order valence-electron chi connectivity index (χ3n) is 3.81. The van der Waals surface area contributed by atoms with Gasteiger partial charge in [-0.05, 0) is 30.0 Å². The highest BCUT2D eigenvalue weighted by molar-refractivity contribution is 5.79. The number of benzene rings is 1. The molecule has 1 aliphatic heterocycles. The van der Waals surface area contributed by atoms with Crippen LogP contribution in [0.5, 0.6) is 0 Å². The van der Waals surface area contributed by atoms with Gasteiger partial charge in [0.15, 0.2) is 0 Å². The molecule has 1 aliphatic rings. The van der Waals surface area contributed by atoms with Gasteiger partial charge in [0.25, 0.3) is 0 Å². The molecule has 2 N–H and O–H groups in total. The first-order valence-corrected chi connectivity index (χ1v) is 6.77. The minimum Gasteiger partial charge on any atom is -0.352 e. The predicted octanol–water partition coefficient (Wildman–Crippen LogP) is 1.72. The minimum absolute atomic E-state index is 0.124. The van der Waals surface area contributed by atoms with Gasteiger partial charge in [-0.3, -0.25) is 4.79 Å². The summed E-state index contributed by atoms with van der Waals surface area (Å²) in [4.78, 5) is 12.1. The third-order valence-corrected chi connectivity index (χ3v) is 3.81. The van der Waals surface area contributed by atoms with Crippen molar-refractivity contribution in [1.29, 1.82) is 0 Å². The Morgan fingerprint density at radius 1 is 1.33 bits per heavy atom. The zero-order valence-corrected chi connectivity index (χ0v) is 11.2. The second-order valence-corrected chi connectivity index (χ2v) is 5.08. The number of hydrogen-bond donors (Lipinski definition) is 2. The number of carbonyl (C=O) groups is 1. The molecule has 0 saturated carbocycles. The number of amides is 1. The summed E-state index contributed by atoms with van der Waals surface area (Å²) in [6, 6.07) is 8.30. The Kier molecular flexibility index (Phi) is 4.37. The molecule has 0 aliphatic carbocycles. The van der Waals surface area contributed by atoms with E-state index in [9.17, 15) is 4.79 Å². The second kappa shape index (κ2) is 6.01. The van der Waals surface area contributed by atoms with E-state index in [1.54, 1.807) is 0 Å². The van der Waals surface area contributed by atoms with Gasteiger partial charge >= 0.3 is 0 Å². The first kappa shape index (κ1) is 13.1. The van der Waals surface area contributed by atoms with Crippen LogP contribution in [-0.2, 0) is 17.8 Å². The Bertz CT molecular complexity index is 417. The maximum atomic E-state index is 12.1. The van der Waals surface area contributed by atoms with Crippen molar-refractivity contribution in [2.75, 3.05) is 13.1 Å². The zero-order chi connectivity index (χ0) is 13.0. The highest BCUT2D eigenvalue weighted by Crippen LogP contribution is 2.16. The Morgan fingerprint density at radius 3 is 2.67 bits per heavy atom. The molecule has 1 saturated heterocycles. The minimum atomic E-state index is 0.124. The lowest BCUT2D eigenvalue weighted by atomic mass is 9.97. The first-order chi connectivity index (χ1) is 8.72. The van der Waals surface area contributed by atoms with E-state index in [4.69, 9.17) is 0 Å². The molecule has 1 aromatic rings. The lowest BCUT2D eigenvalue weighted by Crippen LogP contribution is -2.34. The van der Waals surface area contributed by atoms with Gasteiger partial charge in [-0.25, -0.2) is 0 Å². The lowest BCUT2D eigenvalue weighted by Gasteiger charge is -2.15. The van der Waals surface area contributed by atoms with Crippen LogP contribution in [0, 0.1) is 11.8 Å². The summed E-state index contributed by atoms with van der Waals surface area (Å²) in [5.74, 6) is 0.739. The molecule has 0 spiro atoms. The Morgan fingerprint density at radius 2 is 2.06 bits per heavy atom. The van der Waals surface area contributed by atoms with Crippen LogP contribution in [0.15, 0.2) is 24.3 Å². The van der Waals surface area contributed by atoms with Crippen LogP contribution in [-0.4, -0.2) is 19.0 Å². The molecule has 1 heterocycles. The molecule has 1 fully saturated rings.